The summed E-state index contributed by atoms with van der Waals surface area (Å²) in [5, 5.41) is 102. The normalized spacial score (nSPS) is 10.4. The van der Waals surface area contributed by atoms with E-state index in [4.69, 9.17) is 18.0 Å². The number of anilines is 2. The molecule has 5 heterocycles. The summed E-state index contributed by atoms with van der Waals surface area (Å²) >= 11 is 0. The van der Waals surface area contributed by atoms with Gasteiger partial charge in [-0.25, -0.2) is 24.2 Å². The maximum atomic E-state index is 12.8. The van der Waals surface area contributed by atoms with Crippen LogP contribution in [0, 0.1) is 31.8 Å². The quantitative estimate of drug-likeness (QED) is 0.0652. The Morgan fingerprint density at radius 2 is 1.04 bits per heavy atom. The fourth-order valence-corrected chi connectivity index (χ4v) is 5.77. The van der Waals surface area contributed by atoms with E-state index in [1.807, 2.05) is 6.07 Å². The number of carboxylic acids is 4. The standard InChI is InChI=1S/C35H23N19O9.5K/c1-13-23(45-47-27-15(10-36)11-40-51(27)16-4-6-18(29(55)56)20(8-16)31(59)60)25(37)53(49-13)33-42-34(44-35(63)43-33)54-26(38)24(14(2)50-54)46-48-28-22(39-3)12-41-52(28)17-5-7-19(30(57)58)21(9-17)32(61)62;;;;;/h4-9,11-12H,37-38H2,1-2H3,(H,55,56)(H,57,58)(H,59,60)(H,61,62)(H,42,43,44,63);;;;;/q;5*+1/p-5. The van der Waals surface area contributed by atoms with Crippen LogP contribution in [0.5, 0.6) is 6.01 Å². The van der Waals surface area contributed by atoms with Gasteiger partial charge in [-0.05, 0) is 38.1 Å². The summed E-state index contributed by atoms with van der Waals surface area (Å²) in [6.45, 7) is 10.5. The molecular formula is C35H18K5N19O9. The van der Waals surface area contributed by atoms with Crippen LogP contribution < -0.4 is 294 Å². The van der Waals surface area contributed by atoms with Crippen molar-refractivity contribution in [2.45, 2.75) is 13.8 Å². The Hall–Kier alpha value is -2.07. The number of nitrogen functional groups attached to an aromatic ring is 2. The number of hydrogen-bond donors (Lipinski definition) is 2. The van der Waals surface area contributed by atoms with Gasteiger partial charge < -0.3 is 56.2 Å². The van der Waals surface area contributed by atoms with E-state index in [-0.39, 0.29) is 326 Å². The van der Waals surface area contributed by atoms with Crippen molar-refractivity contribution in [3.63, 3.8) is 0 Å². The Balaban J connectivity index is 0.00000317. The smallest absolute Gasteiger partial charge is 0.844 e. The minimum Gasteiger partial charge on any atom is -0.844 e. The van der Waals surface area contributed by atoms with Crippen LogP contribution in [-0.2, 0) is 0 Å². The van der Waals surface area contributed by atoms with E-state index in [0.29, 0.717) is 0 Å². The van der Waals surface area contributed by atoms with E-state index in [9.17, 15) is 50.0 Å². The number of azo groups is 2. The zero-order valence-corrected chi connectivity index (χ0v) is 52.2. The molecule has 0 saturated heterocycles. The molecule has 5 aromatic heterocycles. The molecule has 4 N–H and O–H groups in total. The second kappa shape index (κ2) is 26.6. The number of carbonyl (C=O) groups is 4. The SMILES string of the molecule is [C-]#[N+]c1cnn(-c2ccc(C(=O)[O-])c(C(=O)[O-])c2)c1N=Nc1c(C)nn(-c2nc([O-])nc(-n3nc(C)c(N=Nc4c(C#N)cnn4-c4ccc(C(=O)[O-])c(C(=O)[O-])c4)c3N)n2)c1N.[K+].[K+].[K+].[K+].[K+]. The van der Waals surface area contributed by atoms with Crippen molar-refractivity contribution in [3.05, 3.63) is 99.4 Å². The maximum absolute atomic E-state index is 12.8. The molecule has 0 aliphatic heterocycles. The van der Waals surface area contributed by atoms with Crippen LogP contribution >= 0.6 is 0 Å². The number of aromatic nitrogens is 11. The first-order valence-corrected chi connectivity index (χ1v) is 17.1. The summed E-state index contributed by atoms with van der Waals surface area (Å²) < 4.78 is 3.84. The van der Waals surface area contributed by atoms with Gasteiger partial charge in [0.1, 0.15) is 11.6 Å². The van der Waals surface area contributed by atoms with Gasteiger partial charge in [-0.3, -0.25) is 0 Å². The van der Waals surface area contributed by atoms with Crippen LogP contribution in [0.4, 0.5) is 40.3 Å². The first kappa shape index (κ1) is 62.1. The zero-order valence-electron chi connectivity index (χ0n) is 36.6. The predicted octanol–water partition coefficient (Wildman–Crippen LogP) is -16.8. The van der Waals surface area contributed by atoms with E-state index in [2.05, 4.69) is 60.6 Å². The van der Waals surface area contributed by atoms with Crippen LogP contribution in [0.1, 0.15) is 58.4 Å². The molecule has 28 nitrogen and oxygen atoms in total. The summed E-state index contributed by atoms with van der Waals surface area (Å²) in [4.78, 5) is 61.3. The summed E-state index contributed by atoms with van der Waals surface area (Å²) in [7, 11) is 0. The fourth-order valence-electron chi connectivity index (χ4n) is 5.77. The Labute approximate surface area is 593 Å². The van der Waals surface area contributed by atoms with Gasteiger partial charge in [-0.2, -0.15) is 40.0 Å². The van der Waals surface area contributed by atoms with Gasteiger partial charge in [0, 0.05) is 22.3 Å². The van der Waals surface area contributed by atoms with Crippen molar-refractivity contribution >= 4 is 64.2 Å². The molecule has 0 bridgehead atoms. The van der Waals surface area contributed by atoms with Crippen LogP contribution in [0.25, 0.3) is 28.1 Å². The van der Waals surface area contributed by atoms with Gasteiger partial charge in [0.05, 0.1) is 71.6 Å². The van der Waals surface area contributed by atoms with Gasteiger partial charge in [-0.15, -0.1) is 20.5 Å². The molecule has 0 aliphatic rings. The third kappa shape index (κ3) is 12.9. The summed E-state index contributed by atoms with van der Waals surface area (Å²) in [6.07, 6.45) is 2.19. The van der Waals surface area contributed by atoms with Crippen molar-refractivity contribution in [2.24, 2.45) is 20.5 Å². The Bertz CT molecular complexity index is 3070. The summed E-state index contributed by atoms with van der Waals surface area (Å²) in [6, 6.07) is 6.89. The number of carboxylic acid groups (broad SMARTS) is 4. The average Bonchev–Trinajstić information content (AvgIpc) is 4.00. The Kier molecular flexibility index (Phi) is 24.3. The van der Waals surface area contributed by atoms with Crippen molar-refractivity contribution in [1.82, 2.24) is 54.1 Å². The molecule has 0 radical (unpaired) electrons. The number of rotatable bonds is 12. The summed E-state index contributed by atoms with van der Waals surface area (Å²) in [5.41, 5.74) is 9.58. The minimum atomic E-state index is -1.82. The van der Waals surface area contributed by atoms with Gasteiger partial charge in [0.15, 0.2) is 34.6 Å². The van der Waals surface area contributed by atoms with E-state index >= 15 is 0 Å². The maximum Gasteiger partial charge on any atom is 1.00 e. The number of nitriles is 1. The van der Waals surface area contributed by atoms with Crippen LogP contribution in [-0.4, -0.2) is 78.0 Å². The second-order valence-corrected chi connectivity index (χ2v) is 12.5. The average molecular weight is 1040 g/mol. The minimum absolute atomic E-state index is 0. The molecule has 33 heteroatoms. The molecule has 0 unspecified atom stereocenters. The first-order chi connectivity index (χ1) is 30.0. The number of benzene rings is 2. The van der Waals surface area contributed by atoms with Crippen LogP contribution in [0.2, 0.25) is 0 Å². The largest absolute Gasteiger partial charge is 1.00 e. The van der Waals surface area contributed by atoms with Crippen molar-refractivity contribution in [3.8, 4) is 35.4 Å². The molecule has 7 aromatic rings. The van der Waals surface area contributed by atoms with E-state index < -0.39 is 64.0 Å². The van der Waals surface area contributed by atoms with E-state index in [1.54, 1.807) is 0 Å². The van der Waals surface area contributed by atoms with Crippen LogP contribution in [0.15, 0.2) is 69.2 Å². The van der Waals surface area contributed by atoms with E-state index in [0.717, 1.165) is 55.4 Å². The predicted molar refractivity (Wildman–Crippen MR) is 196 cm³/mol. The van der Waals surface area contributed by atoms with Crippen molar-refractivity contribution < 1.29 is 302 Å². The summed E-state index contributed by atoms with van der Waals surface area (Å²) in [5.74, 6) is -9.07. The molecule has 0 saturated carbocycles. The second-order valence-electron chi connectivity index (χ2n) is 12.5. The third-order valence-electron chi connectivity index (χ3n) is 8.67. The van der Waals surface area contributed by atoms with E-state index in [1.165, 1.54) is 26.0 Å². The molecule has 7 rings (SSSR count). The van der Waals surface area contributed by atoms with Crippen molar-refractivity contribution in [1.29, 1.82) is 5.26 Å². The van der Waals surface area contributed by atoms with Gasteiger partial charge in [0.2, 0.25) is 0 Å². The number of aromatic carboxylic acids is 4. The molecule has 312 valence electrons. The van der Waals surface area contributed by atoms with Crippen molar-refractivity contribution in [2.75, 3.05) is 11.5 Å². The molecule has 0 atom stereocenters. The molecule has 68 heavy (non-hydrogen) atoms. The Morgan fingerprint density at radius 1 is 0.632 bits per heavy atom. The number of nitrogens with zero attached hydrogens (tertiary/aromatic N) is 17. The van der Waals surface area contributed by atoms with Gasteiger partial charge >= 0.3 is 257 Å². The molecule has 0 amide bonds. The number of carbonyl (C=O) groups excluding carboxylic acids is 4. The zero-order chi connectivity index (χ0) is 45.4. The third-order valence-corrected chi connectivity index (χ3v) is 8.67. The monoisotopic (exact) mass is 1040 g/mol. The number of nitrogens with two attached hydrogens (primary N) is 2. The molecule has 0 spiro atoms. The number of aryl methyl sites for hydroxylation is 2. The number of hydrogen-bond acceptors (Lipinski definition) is 23. The molecule has 2 aromatic carbocycles. The van der Waals surface area contributed by atoms with Gasteiger partial charge in [-0.1, -0.05) is 12.1 Å². The van der Waals surface area contributed by atoms with Gasteiger partial charge in [0.25, 0.3) is 17.6 Å². The molecule has 0 aliphatic carbocycles. The molecule has 0 fully saturated rings. The topological polar surface area (TPSA) is 423 Å². The molecular weight excluding hydrogens is 1030 g/mol. The Morgan fingerprint density at radius 3 is 1.46 bits per heavy atom. The van der Waals surface area contributed by atoms with Crippen LogP contribution in [0.3, 0.4) is 0 Å². The fraction of sp³-hybridized carbons (Fsp3) is 0.0571. The first-order valence-electron chi connectivity index (χ1n) is 17.1.